The van der Waals surface area contributed by atoms with Crippen molar-refractivity contribution in [3.63, 3.8) is 0 Å². The van der Waals surface area contributed by atoms with Crippen LogP contribution in [-0.4, -0.2) is 28.6 Å². The van der Waals surface area contributed by atoms with Crippen LogP contribution < -0.4 is 10.1 Å². The molecule has 0 aliphatic heterocycles. The molecule has 0 spiro atoms. The lowest BCUT2D eigenvalue weighted by Crippen LogP contribution is -2.32. The molecule has 0 bridgehead atoms. The molecule has 1 heterocycles. The predicted molar refractivity (Wildman–Crippen MR) is 110 cm³/mol. The highest BCUT2D eigenvalue weighted by Gasteiger charge is 2.06. The van der Waals surface area contributed by atoms with Gasteiger partial charge >= 0.3 is 0 Å². The van der Waals surface area contributed by atoms with Gasteiger partial charge in [-0.3, -0.25) is 4.98 Å². The van der Waals surface area contributed by atoms with Gasteiger partial charge in [0.05, 0.1) is 0 Å². The molecule has 0 fully saturated rings. The maximum atomic E-state index is 5.80. The van der Waals surface area contributed by atoms with Gasteiger partial charge in [0.25, 0.3) is 0 Å². The van der Waals surface area contributed by atoms with E-state index in [1.165, 1.54) is 0 Å². The first-order valence-electron chi connectivity index (χ1n) is 8.46. The van der Waals surface area contributed by atoms with Crippen molar-refractivity contribution in [2.45, 2.75) is 6.42 Å². The van der Waals surface area contributed by atoms with Gasteiger partial charge < -0.3 is 15.0 Å². The Kier molecular flexibility index (Phi) is 6.17. The minimum absolute atomic E-state index is 0.678. The number of likely N-dealkylation sites (N-methyl/N-ethyl adjacent to an activating group) is 1. The SMILES string of the molecule is CN(CCc1ccccn1)C(=S)Nc1ccc(Oc2ccccc2)cc1. The van der Waals surface area contributed by atoms with Crippen molar-refractivity contribution in [3.8, 4) is 11.5 Å². The van der Waals surface area contributed by atoms with Crippen molar-refractivity contribution in [2.24, 2.45) is 0 Å². The number of thiocarbonyl (C=S) groups is 1. The molecule has 0 amide bonds. The molecule has 2 aromatic carbocycles. The molecule has 0 atom stereocenters. The van der Waals surface area contributed by atoms with Crippen molar-refractivity contribution in [1.29, 1.82) is 0 Å². The van der Waals surface area contributed by atoms with E-state index >= 15 is 0 Å². The van der Waals surface area contributed by atoms with Gasteiger partial charge in [-0.25, -0.2) is 0 Å². The maximum Gasteiger partial charge on any atom is 0.173 e. The Morgan fingerprint density at radius 2 is 1.65 bits per heavy atom. The number of aromatic nitrogens is 1. The number of rotatable bonds is 6. The molecule has 132 valence electrons. The highest BCUT2D eigenvalue weighted by molar-refractivity contribution is 7.80. The summed E-state index contributed by atoms with van der Waals surface area (Å²) in [6.07, 6.45) is 2.66. The van der Waals surface area contributed by atoms with Gasteiger partial charge in [0.1, 0.15) is 11.5 Å². The number of anilines is 1. The molecule has 0 aliphatic carbocycles. The van der Waals surface area contributed by atoms with E-state index in [-0.39, 0.29) is 0 Å². The summed E-state index contributed by atoms with van der Waals surface area (Å²) in [5.74, 6) is 1.61. The maximum absolute atomic E-state index is 5.80. The average molecular weight is 363 g/mol. The zero-order valence-corrected chi connectivity index (χ0v) is 15.4. The lowest BCUT2D eigenvalue weighted by molar-refractivity contribution is 0.483. The number of pyridine rings is 1. The van der Waals surface area contributed by atoms with Crippen LogP contribution in [0.5, 0.6) is 11.5 Å². The monoisotopic (exact) mass is 363 g/mol. The third-order valence-electron chi connectivity index (χ3n) is 3.86. The van der Waals surface area contributed by atoms with Crippen LogP contribution in [0.1, 0.15) is 5.69 Å². The lowest BCUT2D eigenvalue weighted by atomic mass is 10.2. The van der Waals surface area contributed by atoms with E-state index in [1.54, 1.807) is 0 Å². The van der Waals surface area contributed by atoms with Gasteiger partial charge in [-0.1, -0.05) is 24.3 Å². The Labute approximate surface area is 159 Å². The molecule has 5 heteroatoms. The highest BCUT2D eigenvalue weighted by Crippen LogP contribution is 2.22. The van der Waals surface area contributed by atoms with Crippen LogP contribution in [-0.2, 0) is 6.42 Å². The van der Waals surface area contributed by atoms with Crippen LogP contribution in [0.2, 0.25) is 0 Å². The highest BCUT2D eigenvalue weighted by atomic mass is 32.1. The van der Waals surface area contributed by atoms with E-state index in [2.05, 4.69) is 10.3 Å². The van der Waals surface area contributed by atoms with E-state index in [0.717, 1.165) is 35.8 Å². The number of nitrogens with zero attached hydrogens (tertiary/aromatic N) is 2. The zero-order valence-electron chi connectivity index (χ0n) is 14.6. The van der Waals surface area contributed by atoms with Crippen molar-refractivity contribution in [2.75, 3.05) is 18.9 Å². The fraction of sp³-hybridized carbons (Fsp3) is 0.143. The lowest BCUT2D eigenvalue weighted by Gasteiger charge is -2.21. The second-order valence-electron chi connectivity index (χ2n) is 5.86. The van der Waals surface area contributed by atoms with Gasteiger partial charge in [-0.05, 0) is 60.7 Å². The number of hydrogen-bond acceptors (Lipinski definition) is 3. The average Bonchev–Trinajstić information content (AvgIpc) is 2.69. The number of nitrogens with one attached hydrogen (secondary N) is 1. The number of hydrogen-bond donors (Lipinski definition) is 1. The largest absolute Gasteiger partial charge is 0.457 e. The Morgan fingerprint density at radius 3 is 2.35 bits per heavy atom. The molecule has 1 N–H and O–H groups in total. The molecule has 0 unspecified atom stereocenters. The summed E-state index contributed by atoms with van der Waals surface area (Å²) in [5, 5.41) is 3.93. The Bertz CT molecular complexity index is 823. The molecular formula is C21H21N3OS. The van der Waals surface area contributed by atoms with Crippen LogP contribution in [0.3, 0.4) is 0 Å². The van der Waals surface area contributed by atoms with Crippen LogP contribution in [0, 0.1) is 0 Å². The molecule has 26 heavy (non-hydrogen) atoms. The van der Waals surface area contributed by atoms with Crippen molar-refractivity contribution < 1.29 is 4.74 Å². The first-order valence-corrected chi connectivity index (χ1v) is 8.86. The van der Waals surface area contributed by atoms with Crippen molar-refractivity contribution in [1.82, 2.24) is 9.88 Å². The summed E-state index contributed by atoms with van der Waals surface area (Å²) in [4.78, 5) is 6.35. The molecule has 1 aromatic heterocycles. The molecule has 0 saturated heterocycles. The Morgan fingerprint density at radius 1 is 0.962 bits per heavy atom. The summed E-state index contributed by atoms with van der Waals surface area (Å²) in [7, 11) is 1.98. The normalized spacial score (nSPS) is 10.2. The summed E-state index contributed by atoms with van der Waals surface area (Å²) < 4.78 is 5.80. The van der Waals surface area contributed by atoms with E-state index < -0.39 is 0 Å². The molecule has 0 radical (unpaired) electrons. The van der Waals surface area contributed by atoms with Crippen molar-refractivity contribution in [3.05, 3.63) is 84.7 Å². The zero-order chi connectivity index (χ0) is 18.2. The molecule has 0 saturated carbocycles. The molecular weight excluding hydrogens is 342 g/mol. The summed E-state index contributed by atoms with van der Waals surface area (Å²) in [6, 6.07) is 23.4. The minimum Gasteiger partial charge on any atom is -0.457 e. The van der Waals surface area contributed by atoms with Gasteiger partial charge in [0.15, 0.2) is 5.11 Å². The van der Waals surface area contributed by atoms with Gasteiger partial charge in [-0.2, -0.15) is 0 Å². The van der Waals surface area contributed by atoms with Gasteiger partial charge in [0, 0.05) is 37.6 Å². The first kappa shape index (κ1) is 17.9. The quantitative estimate of drug-likeness (QED) is 0.640. The number of benzene rings is 2. The van der Waals surface area contributed by atoms with Crippen LogP contribution >= 0.6 is 12.2 Å². The van der Waals surface area contributed by atoms with E-state index in [9.17, 15) is 0 Å². The van der Waals surface area contributed by atoms with Gasteiger partial charge in [-0.15, -0.1) is 0 Å². The summed E-state index contributed by atoms with van der Waals surface area (Å²) in [6.45, 7) is 0.804. The van der Waals surface area contributed by atoms with Crippen LogP contribution in [0.25, 0.3) is 0 Å². The molecule has 4 nitrogen and oxygen atoms in total. The fourth-order valence-electron chi connectivity index (χ4n) is 2.38. The van der Waals surface area contributed by atoms with E-state index in [4.69, 9.17) is 17.0 Å². The molecule has 0 aliphatic rings. The fourth-order valence-corrected chi connectivity index (χ4v) is 2.59. The number of ether oxygens (including phenoxy) is 1. The van der Waals surface area contributed by atoms with E-state index in [1.807, 2.05) is 90.9 Å². The minimum atomic E-state index is 0.678. The second kappa shape index (κ2) is 8.97. The van der Waals surface area contributed by atoms with Gasteiger partial charge in [0.2, 0.25) is 0 Å². The Hall–Kier alpha value is -2.92. The topological polar surface area (TPSA) is 37.4 Å². The Balaban J connectivity index is 1.50. The van der Waals surface area contributed by atoms with Crippen LogP contribution in [0.15, 0.2) is 79.0 Å². The molecule has 3 aromatic rings. The van der Waals surface area contributed by atoms with E-state index in [0.29, 0.717) is 5.11 Å². The summed E-state index contributed by atoms with van der Waals surface area (Å²) in [5.41, 5.74) is 1.99. The van der Waals surface area contributed by atoms with Crippen LogP contribution in [0.4, 0.5) is 5.69 Å². The third-order valence-corrected chi connectivity index (χ3v) is 4.27. The molecule has 3 rings (SSSR count). The predicted octanol–water partition coefficient (Wildman–Crippen LogP) is 4.75. The first-order chi connectivity index (χ1) is 12.7. The second-order valence-corrected chi connectivity index (χ2v) is 6.25. The third kappa shape index (κ3) is 5.29. The number of para-hydroxylation sites is 1. The smallest absolute Gasteiger partial charge is 0.173 e. The summed E-state index contributed by atoms with van der Waals surface area (Å²) >= 11 is 5.48. The van der Waals surface area contributed by atoms with Crippen molar-refractivity contribution >= 4 is 23.0 Å². The standard InChI is InChI=1S/C21H21N3OS/c1-24(16-14-17-7-5-6-15-22-17)21(26)23-18-10-12-20(13-11-18)25-19-8-3-2-4-9-19/h2-13,15H,14,16H2,1H3,(H,23,26).